The average Bonchev–Trinajstić information content (AvgIpc) is 3.00. The monoisotopic (exact) mass is 254 g/mol. The van der Waals surface area contributed by atoms with Crippen LogP contribution in [0.1, 0.15) is 6.42 Å². The number of rotatable bonds is 4. The first-order chi connectivity index (χ1) is 9.42. The SMILES string of the molecule is c1cc(OCC2CCNC2)cc(-c2ccncc2)c1. The van der Waals surface area contributed by atoms with Crippen molar-refractivity contribution in [3.63, 3.8) is 0 Å². The lowest BCUT2D eigenvalue weighted by molar-refractivity contribution is 0.260. The zero-order valence-electron chi connectivity index (χ0n) is 10.9. The maximum absolute atomic E-state index is 5.90. The van der Waals surface area contributed by atoms with Crippen LogP contribution in [0, 0.1) is 5.92 Å². The number of pyridine rings is 1. The molecule has 2 aromatic rings. The first-order valence-corrected chi connectivity index (χ1v) is 6.76. The van der Waals surface area contributed by atoms with Gasteiger partial charge in [-0.2, -0.15) is 0 Å². The molecule has 0 saturated carbocycles. The Morgan fingerprint density at radius 1 is 1.16 bits per heavy atom. The van der Waals surface area contributed by atoms with E-state index < -0.39 is 0 Å². The van der Waals surface area contributed by atoms with Crippen molar-refractivity contribution >= 4 is 0 Å². The lowest BCUT2D eigenvalue weighted by Gasteiger charge is -2.11. The predicted molar refractivity (Wildman–Crippen MR) is 76.1 cm³/mol. The average molecular weight is 254 g/mol. The van der Waals surface area contributed by atoms with Gasteiger partial charge in [0.25, 0.3) is 0 Å². The fourth-order valence-electron chi connectivity index (χ4n) is 2.38. The molecule has 0 aliphatic carbocycles. The van der Waals surface area contributed by atoms with Gasteiger partial charge in [-0.15, -0.1) is 0 Å². The van der Waals surface area contributed by atoms with Crippen molar-refractivity contribution in [1.29, 1.82) is 0 Å². The summed E-state index contributed by atoms with van der Waals surface area (Å²) in [5.41, 5.74) is 2.34. The molecule has 1 atom stereocenters. The number of ether oxygens (including phenoxy) is 1. The second kappa shape index (κ2) is 5.85. The molecule has 3 nitrogen and oxygen atoms in total. The molecule has 0 amide bonds. The lowest BCUT2D eigenvalue weighted by atomic mass is 10.1. The molecule has 1 aromatic heterocycles. The van der Waals surface area contributed by atoms with Gasteiger partial charge in [-0.05, 0) is 48.4 Å². The minimum absolute atomic E-state index is 0.643. The Morgan fingerprint density at radius 3 is 2.84 bits per heavy atom. The summed E-state index contributed by atoms with van der Waals surface area (Å²) in [4.78, 5) is 4.04. The van der Waals surface area contributed by atoms with Crippen LogP contribution in [0.25, 0.3) is 11.1 Å². The molecule has 3 rings (SSSR count). The predicted octanol–water partition coefficient (Wildman–Crippen LogP) is 2.74. The largest absolute Gasteiger partial charge is 0.493 e. The molecular formula is C16H18N2O. The van der Waals surface area contributed by atoms with Crippen molar-refractivity contribution < 1.29 is 4.74 Å². The second-order valence-electron chi connectivity index (χ2n) is 4.93. The highest BCUT2D eigenvalue weighted by Crippen LogP contribution is 2.23. The second-order valence-corrected chi connectivity index (χ2v) is 4.93. The topological polar surface area (TPSA) is 34.1 Å². The van der Waals surface area contributed by atoms with Gasteiger partial charge < -0.3 is 10.1 Å². The van der Waals surface area contributed by atoms with Crippen molar-refractivity contribution in [2.75, 3.05) is 19.7 Å². The molecule has 1 fully saturated rings. The number of hydrogen-bond donors (Lipinski definition) is 1. The fourth-order valence-corrected chi connectivity index (χ4v) is 2.38. The first-order valence-electron chi connectivity index (χ1n) is 6.76. The highest BCUT2D eigenvalue weighted by Gasteiger charge is 2.14. The van der Waals surface area contributed by atoms with Crippen molar-refractivity contribution in [1.82, 2.24) is 10.3 Å². The molecule has 2 heterocycles. The summed E-state index contributed by atoms with van der Waals surface area (Å²) < 4.78 is 5.90. The van der Waals surface area contributed by atoms with Gasteiger partial charge in [0.05, 0.1) is 6.61 Å². The number of hydrogen-bond acceptors (Lipinski definition) is 3. The highest BCUT2D eigenvalue weighted by molar-refractivity contribution is 5.64. The number of nitrogens with one attached hydrogen (secondary N) is 1. The Balaban J connectivity index is 1.69. The molecule has 3 heteroatoms. The summed E-state index contributed by atoms with van der Waals surface area (Å²) in [5, 5.41) is 3.36. The lowest BCUT2D eigenvalue weighted by Crippen LogP contribution is -2.15. The van der Waals surface area contributed by atoms with Gasteiger partial charge in [0.1, 0.15) is 5.75 Å². The third kappa shape index (κ3) is 3.12. The van der Waals surface area contributed by atoms with E-state index in [0.29, 0.717) is 5.92 Å². The van der Waals surface area contributed by atoms with Gasteiger partial charge in [0.15, 0.2) is 0 Å². The van der Waals surface area contributed by atoms with Crippen LogP contribution in [-0.2, 0) is 0 Å². The van der Waals surface area contributed by atoms with Gasteiger partial charge in [0, 0.05) is 24.9 Å². The zero-order chi connectivity index (χ0) is 12.9. The summed E-state index contributed by atoms with van der Waals surface area (Å²) >= 11 is 0. The van der Waals surface area contributed by atoms with Crippen LogP contribution >= 0.6 is 0 Å². The maximum Gasteiger partial charge on any atom is 0.119 e. The van der Waals surface area contributed by atoms with Crippen molar-refractivity contribution in [3.8, 4) is 16.9 Å². The van der Waals surface area contributed by atoms with Crippen molar-refractivity contribution in [2.24, 2.45) is 5.92 Å². The summed E-state index contributed by atoms with van der Waals surface area (Å²) in [7, 11) is 0. The van der Waals surface area contributed by atoms with Gasteiger partial charge in [0.2, 0.25) is 0 Å². The third-order valence-electron chi connectivity index (χ3n) is 3.50. The molecule has 0 radical (unpaired) electrons. The van der Waals surface area contributed by atoms with E-state index in [0.717, 1.165) is 25.4 Å². The van der Waals surface area contributed by atoms with Crippen molar-refractivity contribution in [2.45, 2.75) is 6.42 Å². The summed E-state index contributed by atoms with van der Waals surface area (Å²) in [6, 6.07) is 12.3. The van der Waals surface area contributed by atoms with E-state index in [4.69, 9.17) is 4.74 Å². The van der Waals surface area contributed by atoms with Crippen LogP contribution in [0.15, 0.2) is 48.8 Å². The molecule has 19 heavy (non-hydrogen) atoms. The summed E-state index contributed by atoms with van der Waals surface area (Å²) in [6.07, 6.45) is 4.84. The molecule has 1 N–H and O–H groups in total. The van der Waals surface area contributed by atoms with E-state index in [-0.39, 0.29) is 0 Å². The molecular weight excluding hydrogens is 236 g/mol. The van der Waals surface area contributed by atoms with Gasteiger partial charge in [-0.25, -0.2) is 0 Å². The minimum Gasteiger partial charge on any atom is -0.493 e. The molecule has 1 unspecified atom stereocenters. The van der Waals surface area contributed by atoms with E-state index in [1.807, 2.05) is 36.7 Å². The molecule has 0 bridgehead atoms. The van der Waals surface area contributed by atoms with E-state index in [2.05, 4.69) is 22.4 Å². The third-order valence-corrected chi connectivity index (χ3v) is 3.50. The van der Waals surface area contributed by atoms with Crippen LogP contribution in [0.4, 0.5) is 0 Å². The molecule has 1 aliphatic heterocycles. The van der Waals surface area contributed by atoms with Crippen LogP contribution < -0.4 is 10.1 Å². The summed E-state index contributed by atoms with van der Waals surface area (Å²) in [5.74, 6) is 1.59. The Morgan fingerprint density at radius 2 is 2.05 bits per heavy atom. The molecule has 1 aromatic carbocycles. The Kier molecular flexibility index (Phi) is 3.75. The number of aromatic nitrogens is 1. The quantitative estimate of drug-likeness (QED) is 0.911. The Hall–Kier alpha value is -1.87. The zero-order valence-corrected chi connectivity index (χ0v) is 10.9. The minimum atomic E-state index is 0.643. The highest BCUT2D eigenvalue weighted by atomic mass is 16.5. The van der Waals surface area contributed by atoms with Crippen LogP contribution in [-0.4, -0.2) is 24.7 Å². The van der Waals surface area contributed by atoms with Crippen LogP contribution in [0.3, 0.4) is 0 Å². The normalized spacial score (nSPS) is 18.4. The summed E-state index contributed by atoms with van der Waals surface area (Å²) in [6.45, 7) is 2.99. The Bertz CT molecular complexity index is 521. The van der Waals surface area contributed by atoms with E-state index >= 15 is 0 Å². The fraction of sp³-hybridized carbons (Fsp3) is 0.312. The maximum atomic E-state index is 5.90. The van der Waals surface area contributed by atoms with Crippen LogP contribution in [0.2, 0.25) is 0 Å². The first kappa shape index (κ1) is 12.2. The van der Waals surface area contributed by atoms with Gasteiger partial charge in [-0.1, -0.05) is 12.1 Å². The Labute approximate surface area is 113 Å². The van der Waals surface area contributed by atoms with Crippen LogP contribution in [0.5, 0.6) is 5.75 Å². The molecule has 1 aliphatic rings. The van der Waals surface area contributed by atoms with E-state index in [1.165, 1.54) is 17.5 Å². The number of benzene rings is 1. The van der Waals surface area contributed by atoms with Gasteiger partial charge in [-0.3, -0.25) is 4.98 Å². The van der Waals surface area contributed by atoms with E-state index in [9.17, 15) is 0 Å². The molecule has 1 saturated heterocycles. The smallest absolute Gasteiger partial charge is 0.119 e. The standard InChI is InChI=1S/C16H18N2O/c1-2-15(14-5-8-17-9-6-14)10-16(3-1)19-12-13-4-7-18-11-13/h1-3,5-6,8-10,13,18H,4,7,11-12H2. The molecule has 0 spiro atoms. The number of nitrogens with zero attached hydrogens (tertiary/aromatic N) is 1. The van der Waals surface area contributed by atoms with Gasteiger partial charge >= 0.3 is 0 Å². The van der Waals surface area contributed by atoms with E-state index in [1.54, 1.807) is 0 Å². The van der Waals surface area contributed by atoms with Crippen molar-refractivity contribution in [3.05, 3.63) is 48.8 Å². The molecule has 98 valence electrons.